The molecule has 20 heavy (non-hydrogen) atoms. The van der Waals surface area contributed by atoms with E-state index in [-0.39, 0.29) is 17.5 Å². The molecule has 0 amide bonds. The maximum absolute atomic E-state index is 12.4. The molecule has 3 nitrogen and oxygen atoms in total. The molecule has 0 aromatic heterocycles. The molecule has 3 fully saturated rings. The second kappa shape index (κ2) is 4.46. The molecule has 1 aliphatic heterocycles. The zero-order valence-electron chi connectivity index (χ0n) is 13.6. The molecule has 0 spiro atoms. The van der Waals surface area contributed by atoms with Gasteiger partial charge in [0.2, 0.25) is 0 Å². The zero-order chi connectivity index (χ0) is 14.6. The fraction of sp³-hybridized carbons (Fsp3) is 0.941. The molecule has 2 bridgehead atoms. The third kappa shape index (κ3) is 2.01. The fourth-order valence-corrected chi connectivity index (χ4v) is 5.07. The van der Waals surface area contributed by atoms with Crippen molar-refractivity contribution >= 4 is 5.97 Å². The summed E-state index contributed by atoms with van der Waals surface area (Å²) in [7, 11) is 2.20. The highest BCUT2D eigenvalue weighted by Gasteiger charge is 2.63. The SMILES string of the molecule is CC1(C)[C@@H]2CC[C@@]1(C)[C@H](OC(=O)C[N+]1(C)CCCC1)C2. The number of hydrogen-bond acceptors (Lipinski definition) is 2. The van der Waals surface area contributed by atoms with Crippen LogP contribution >= 0.6 is 0 Å². The Morgan fingerprint density at radius 3 is 2.40 bits per heavy atom. The van der Waals surface area contributed by atoms with Gasteiger partial charge in [-0.1, -0.05) is 20.8 Å². The largest absolute Gasteiger partial charge is 0.458 e. The molecule has 0 radical (unpaired) electrons. The average Bonchev–Trinajstić information content (AvgIpc) is 2.91. The fourth-order valence-electron chi connectivity index (χ4n) is 5.07. The van der Waals surface area contributed by atoms with E-state index in [0.717, 1.165) is 29.9 Å². The van der Waals surface area contributed by atoms with Crippen LogP contribution in [0.5, 0.6) is 0 Å². The second-order valence-corrected chi connectivity index (χ2v) is 8.52. The van der Waals surface area contributed by atoms with Gasteiger partial charge in [-0.2, -0.15) is 0 Å². The Hall–Kier alpha value is -0.570. The first kappa shape index (κ1) is 14.4. The molecule has 1 heterocycles. The van der Waals surface area contributed by atoms with Crippen molar-refractivity contribution in [2.75, 3.05) is 26.7 Å². The molecule has 0 unspecified atom stereocenters. The van der Waals surface area contributed by atoms with Crippen LogP contribution in [-0.4, -0.2) is 43.2 Å². The predicted octanol–water partition coefficient (Wildman–Crippen LogP) is 2.98. The monoisotopic (exact) mass is 280 g/mol. The van der Waals surface area contributed by atoms with E-state index < -0.39 is 0 Å². The molecular weight excluding hydrogens is 250 g/mol. The van der Waals surface area contributed by atoms with Crippen molar-refractivity contribution in [1.29, 1.82) is 0 Å². The van der Waals surface area contributed by atoms with Crippen LogP contribution in [0.2, 0.25) is 0 Å². The van der Waals surface area contributed by atoms with Crippen molar-refractivity contribution in [1.82, 2.24) is 0 Å². The van der Waals surface area contributed by atoms with Crippen LogP contribution in [0.15, 0.2) is 0 Å². The number of carbonyl (C=O) groups is 1. The van der Waals surface area contributed by atoms with Crippen molar-refractivity contribution in [3.8, 4) is 0 Å². The van der Waals surface area contributed by atoms with Crippen molar-refractivity contribution in [2.24, 2.45) is 16.7 Å². The molecular formula is C17H30NO2+. The van der Waals surface area contributed by atoms with Crippen LogP contribution in [0.1, 0.15) is 52.9 Å². The topological polar surface area (TPSA) is 26.3 Å². The summed E-state index contributed by atoms with van der Waals surface area (Å²) in [6.07, 6.45) is 6.26. The van der Waals surface area contributed by atoms with Crippen LogP contribution in [-0.2, 0) is 9.53 Å². The van der Waals surface area contributed by atoms with Gasteiger partial charge in [-0.05, 0) is 30.6 Å². The molecule has 2 saturated carbocycles. The van der Waals surface area contributed by atoms with Gasteiger partial charge in [-0.3, -0.25) is 0 Å². The summed E-state index contributed by atoms with van der Waals surface area (Å²) in [6.45, 7) is 9.90. The third-order valence-electron chi connectivity index (χ3n) is 7.14. The highest BCUT2D eigenvalue weighted by molar-refractivity contribution is 5.71. The Labute approximate surface area is 123 Å². The second-order valence-electron chi connectivity index (χ2n) is 8.52. The maximum atomic E-state index is 12.4. The van der Waals surface area contributed by atoms with Crippen LogP contribution in [0, 0.1) is 16.7 Å². The number of fused-ring (bicyclic) bond motifs is 2. The number of ether oxygens (including phenoxy) is 1. The highest BCUT2D eigenvalue weighted by Crippen LogP contribution is 2.66. The number of hydrogen-bond donors (Lipinski definition) is 0. The van der Waals surface area contributed by atoms with Crippen LogP contribution in [0.25, 0.3) is 0 Å². The summed E-state index contributed by atoms with van der Waals surface area (Å²) in [6, 6.07) is 0. The first-order valence-electron chi connectivity index (χ1n) is 8.30. The molecule has 0 N–H and O–H groups in total. The van der Waals surface area contributed by atoms with E-state index in [2.05, 4.69) is 27.8 Å². The molecule has 3 aliphatic rings. The molecule has 0 aromatic carbocycles. The number of rotatable bonds is 3. The van der Waals surface area contributed by atoms with Gasteiger partial charge in [0, 0.05) is 18.3 Å². The molecule has 2 aliphatic carbocycles. The summed E-state index contributed by atoms with van der Waals surface area (Å²) in [5, 5.41) is 0. The summed E-state index contributed by atoms with van der Waals surface area (Å²) in [5.41, 5.74) is 0.515. The minimum absolute atomic E-state index is 0.0315. The minimum Gasteiger partial charge on any atom is -0.458 e. The van der Waals surface area contributed by atoms with E-state index in [1.807, 2.05) is 0 Å². The molecule has 3 rings (SSSR count). The molecule has 0 aromatic rings. The standard InChI is InChI=1S/C17H30NO2/c1-16(2)13-7-8-17(16,3)14(11-13)20-15(19)12-18(4)9-5-6-10-18/h13-14H,5-12H2,1-4H3/q+1/t13-,14-,17+/m1/s1. The third-order valence-corrected chi connectivity index (χ3v) is 7.14. The summed E-state index contributed by atoms with van der Waals surface area (Å²) >= 11 is 0. The van der Waals surface area contributed by atoms with Gasteiger partial charge in [0.05, 0.1) is 20.1 Å². The Bertz CT molecular complexity index is 411. The quantitative estimate of drug-likeness (QED) is 0.587. The van der Waals surface area contributed by atoms with E-state index in [1.165, 1.54) is 25.7 Å². The first-order chi connectivity index (χ1) is 9.27. The van der Waals surface area contributed by atoms with Gasteiger partial charge in [-0.15, -0.1) is 0 Å². The number of likely N-dealkylation sites (tertiary alicyclic amines) is 1. The predicted molar refractivity (Wildman–Crippen MR) is 79.1 cm³/mol. The smallest absolute Gasteiger partial charge is 0.362 e. The number of nitrogens with zero attached hydrogens (tertiary/aromatic N) is 1. The van der Waals surface area contributed by atoms with Gasteiger partial charge >= 0.3 is 5.97 Å². The summed E-state index contributed by atoms with van der Waals surface area (Å²) in [4.78, 5) is 12.4. The first-order valence-corrected chi connectivity index (χ1v) is 8.30. The molecule has 114 valence electrons. The van der Waals surface area contributed by atoms with Gasteiger partial charge in [-0.25, -0.2) is 4.79 Å². The summed E-state index contributed by atoms with van der Waals surface area (Å²) in [5.74, 6) is 0.769. The number of quaternary nitrogens is 1. The van der Waals surface area contributed by atoms with E-state index in [1.54, 1.807) is 0 Å². The lowest BCUT2D eigenvalue weighted by Crippen LogP contribution is -2.47. The van der Waals surface area contributed by atoms with Crippen molar-refractivity contribution in [2.45, 2.75) is 59.0 Å². The average molecular weight is 280 g/mol. The van der Waals surface area contributed by atoms with E-state index >= 15 is 0 Å². The lowest BCUT2D eigenvalue weighted by Gasteiger charge is -2.38. The number of esters is 1. The zero-order valence-corrected chi connectivity index (χ0v) is 13.6. The maximum Gasteiger partial charge on any atom is 0.362 e. The highest BCUT2D eigenvalue weighted by atomic mass is 16.5. The van der Waals surface area contributed by atoms with Crippen LogP contribution < -0.4 is 0 Å². The normalized spacial score (nSPS) is 41.0. The van der Waals surface area contributed by atoms with E-state index in [4.69, 9.17) is 4.74 Å². The van der Waals surface area contributed by atoms with Crippen molar-refractivity contribution in [3.63, 3.8) is 0 Å². The molecule has 3 atom stereocenters. The van der Waals surface area contributed by atoms with Gasteiger partial charge in [0.15, 0.2) is 6.54 Å². The van der Waals surface area contributed by atoms with Gasteiger partial charge in [0.25, 0.3) is 0 Å². The van der Waals surface area contributed by atoms with Crippen molar-refractivity contribution < 1.29 is 14.0 Å². The van der Waals surface area contributed by atoms with Crippen LogP contribution in [0.4, 0.5) is 0 Å². The van der Waals surface area contributed by atoms with E-state index in [9.17, 15) is 4.79 Å². The Balaban J connectivity index is 1.63. The van der Waals surface area contributed by atoms with Crippen LogP contribution in [0.3, 0.4) is 0 Å². The number of carbonyl (C=O) groups excluding carboxylic acids is 1. The lowest BCUT2D eigenvalue weighted by atomic mass is 9.70. The van der Waals surface area contributed by atoms with Gasteiger partial charge < -0.3 is 9.22 Å². The minimum atomic E-state index is 0.0315. The lowest BCUT2D eigenvalue weighted by molar-refractivity contribution is -0.890. The van der Waals surface area contributed by atoms with Crippen molar-refractivity contribution in [3.05, 3.63) is 0 Å². The summed E-state index contributed by atoms with van der Waals surface area (Å²) < 4.78 is 6.84. The molecule has 1 saturated heterocycles. The Kier molecular flexibility index (Phi) is 3.20. The Morgan fingerprint density at radius 1 is 1.25 bits per heavy atom. The van der Waals surface area contributed by atoms with Gasteiger partial charge in [0.1, 0.15) is 6.10 Å². The molecule has 3 heteroatoms. The Morgan fingerprint density at radius 2 is 1.90 bits per heavy atom. The number of likely N-dealkylation sites (N-methyl/N-ethyl adjacent to an activating group) is 1. The van der Waals surface area contributed by atoms with E-state index in [0.29, 0.717) is 12.0 Å².